The van der Waals surface area contributed by atoms with E-state index in [1.807, 2.05) is 30.5 Å². The Morgan fingerprint density at radius 1 is 1.23 bits per heavy atom. The van der Waals surface area contributed by atoms with E-state index in [0.29, 0.717) is 23.7 Å². The van der Waals surface area contributed by atoms with Gasteiger partial charge in [-0.25, -0.2) is 4.79 Å². The number of aromatic nitrogens is 1. The lowest BCUT2D eigenvalue weighted by Gasteiger charge is -2.08. The Balaban J connectivity index is 1.95. The van der Waals surface area contributed by atoms with Gasteiger partial charge in [0.25, 0.3) is 0 Å². The fourth-order valence-electron chi connectivity index (χ4n) is 2.65. The van der Waals surface area contributed by atoms with Gasteiger partial charge in [-0.15, -0.1) is 0 Å². The van der Waals surface area contributed by atoms with Crippen LogP contribution in [0.25, 0.3) is 6.08 Å². The van der Waals surface area contributed by atoms with Crippen LogP contribution >= 0.6 is 11.6 Å². The second kappa shape index (κ2) is 9.36. The standard InChI is InChI=1S/C20H22ClNO4/c1-14-11-18(15(2)22(14)9-10-25-3)19(23)13-26-20(24)8-7-16-5-4-6-17(21)12-16/h4-8,11-12H,9-10,13H2,1-3H3. The van der Waals surface area contributed by atoms with Gasteiger partial charge in [-0.1, -0.05) is 23.7 Å². The lowest BCUT2D eigenvalue weighted by molar-refractivity contribution is -0.136. The van der Waals surface area contributed by atoms with Crippen molar-refractivity contribution in [3.8, 4) is 0 Å². The van der Waals surface area contributed by atoms with Crippen LogP contribution in [0.15, 0.2) is 36.4 Å². The number of hydrogen-bond acceptors (Lipinski definition) is 4. The predicted octanol–water partition coefficient (Wildman–Crippen LogP) is 3.84. The van der Waals surface area contributed by atoms with Crippen LogP contribution in [0.3, 0.4) is 0 Å². The van der Waals surface area contributed by atoms with Gasteiger partial charge in [0.2, 0.25) is 5.78 Å². The zero-order valence-electron chi connectivity index (χ0n) is 15.1. The fraction of sp³-hybridized carbons (Fsp3) is 0.300. The number of Topliss-reactive ketones (excluding diaryl/α,β-unsaturated/α-hetero) is 1. The second-order valence-corrected chi connectivity index (χ2v) is 6.28. The van der Waals surface area contributed by atoms with Gasteiger partial charge in [-0.3, -0.25) is 4.79 Å². The Hall–Kier alpha value is -2.37. The maximum Gasteiger partial charge on any atom is 0.331 e. The van der Waals surface area contributed by atoms with Crippen LogP contribution in [-0.2, 0) is 20.8 Å². The summed E-state index contributed by atoms with van der Waals surface area (Å²) in [4.78, 5) is 24.2. The molecule has 26 heavy (non-hydrogen) atoms. The highest BCUT2D eigenvalue weighted by atomic mass is 35.5. The first-order chi connectivity index (χ1) is 12.4. The Bertz CT molecular complexity index is 823. The van der Waals surface area contributed by atoms with Crippen molar-refractivity contribution in [3.05, 3.63) is 63.9 Å². The van der Waals surface area contributed by atoms with Gasteiger partial charge >= 0.3 is 5.97 Å². The van der Waals surface area contributed by atoms with Gasteiger partial charge in [0.1, 0.15) is 0 Å². The van der Waals surface area contributed by atoms with E-state index in [-0.39, 0.29) is 12.4 Å². The van der Waals surface area contributed by atoms with E-state index in [2.05, 4.69) is 0 Å². The summed E-state index contributed by atoms with van der Waals surface area (Å²) < 4.78 is 12.1. The third-order valence-electron chi connectivity index (χ3n) is 4.00. The number of esters is 1. The first kappa shape index (κ1) is 19.9. The largest absolute Gasteiger partial charge is 0.454 e. The van der Waals surface area contributed by atoms with Gasteiger partial charge in [0.15, 0.2) is 6.61 Å². The monoisotopic (exact) mass is 375 g/mol. The average Bonchev–Trinajstić information content (AvgIpc) is 2.90. The van der Waals surface area contributed by atoms with E-state index >= 15 is 0 Å². The summed E-state index contributed by atoms with van der Waals surface area (Å²) >= 11 is 5.89. The van der Waals surface area contributed by atoms with Crippen molar-refractivity contribution in [2.45, 2.75) is 20.4 Å². The van der Waals surface area contributed by atoms with E-state index in [0.717, 1.165) is 17.0 Å². The zero-order chi connectivity index (χ0) is 19.1. The molecule has 0 fully saturated rings. The van der Waals surface area contributed by atoms with E-state index in [9.17, 15) is 9.59 Å². The molecule has 0 N–H and O–H groups in total. The number of nitrogens with zero attached hydrogens (tertiary/aromatic N) is 1. The van der Waals surface area contributed by atoms with Crippen LogP contribution in [0.2, 0.25) is 5.02 Å². The average molecular weight is 376 g/mol. The van der Waals surface area contributed by atoms with E-state index in [4.69, 9.17) is 21.1 Å². The second-order valence-electron chi connectivity index (χ2n) is 5.85. The van der Waals surface area contributed by atoms with Crippen LogP contribution in [-0.4, -0.2) is 36.6 Å². The molecule has 138 valence electrons. The minimum atomic E-state index is -0.577. The summed E-state index contributed by atoms with van der Waals surface area (Å²) in [5.74, 6) is -0.808. The highest BCUT2D eigenvalue weighted by Crippen LogP contribution is 2.16. The molecular weight excluding hydrogens is 354 g/mol. The number of ketones is 1. The van der Waals surface area contributed by atoms with Crippen LogP contribution in [0.5, 0.6) is 0 Å². The van der Waals surface area contributed by atoms with E-state index < -0.39 is 5.97 Å². The van der Waals surface area contributed by atoms with Crippen LogP contribution in [0, 0.1) is 13.8 Å². The number of aryl methyl sites for hydroxylation is 1. The van der Waals surface area contributed by atoms with Gasteiger partial charge in [0.05, 0.1) is 6.61 Å². The molecule has 2 aromatic rings. The maximum absolute atomic E-state index is 12.4. The smallest absolute Gasteiger partial charge is 0.331 e. The molecule has 0 spiro atoms. The number of ether oxygens (including phenoxy) is 2. The summed E-state index contributed by atoms with van der Waals surface area (Å²) in [6.07, 6.45) is 2.87. The van der Waals surface area contributed by atoms with Crippen molar-refractivity contribution in [2.75, 3.05) is 20.3 Å². The molecule has 5 nitrogen and oxygen atoms in total. The quantitative estimate of drug-likeness (QED) is 0.399. The molecule has 0 saturated carbocycles. The Kier molecular flexibility index (Phi) is 7.18. The van der Waals surface area contributed by atoms with E-state index in [1.165, 1.54) is 6.08 Å². The van der Waals surface area contributed by atoms with Gasteiger partial charge in [0, 0.05) is 41.7 Å². The van der Waals surface area contributed by atoms with Crippen molar-refractivity contribution < 1.29 is 19.1 Å². The molecule has 0 unspecified atom stereocenters. The molecule has 6 heteroatoms. The number of halogens is 1. The molecule has 1 heterocycles. The number of carbonyl (C=O) groups excluding carboxylic acids is 2. The SMILES string of the molecule is COCCn1c(C)cc(C(=O)COC(=O)C=Cc2cccc(Cl)c2)c1C. The van der Waals surface area contributed by atoms with Crippen molar-refractivity contribution in [3.63, 3.8) is 0 Å². The number of carbonyl (C=O) groups is 2. The normalized spacial score (nSPS) is 11.1. The Morgan fingerprint density at radius 3 is 2.69 bits per heavy atom. The lowest BCUT2D eigenvalue weighted by atomic mass is 10.1. The predicted molar refractivity (Wildman–Crippen MR) is 102 cm³/mol. The molecule has 2 rings (SSSR count). The molecule has 0 atom stereocenters. The molecule has 0 aliphatic carbocycles. The topological polar surface area (TPSA) is 57.5 Å². The summed E-state index contributed by atoms with van der Waals surface area (Å²) in [6.45, 7) is 4.74. The number of methoxy groups -OCH3 is 1. The summed E-state index contributed by atoms with van der Waals surface area (Å²) in [7, 11) is 1.64. The highest BCUT2D eigenvalue weighted by Gasteiger charge is 2.16. The molecule has 0 aliphatic rings. The van der Waals surface area contributed by atoms with Crippen molar-refractivity contribution in [1.82, 2.24) is 4.57 Å². The molecule has 0 aliphatic heterocycles. The first-order valence-electron chi connectivity index (χ1n) is 8.21. The Labute approximate surface area is 158 Å². The van der Waals surface area contributed by atoms with Crippen LogP contribution < -0.4 is 0 Å². The first-order valence-corrected chi connectivity index (χ1v) is 8.59. The van der Waals surface area contributed by atoms with Crippen molar-refractivity contribution in [1.29, 1.82) is 0 Å². The zero-order valence-corrected chi connectivity index (χ0v) is 15.9. The Morgan fingerprint density at radius 2 is 2.00 bits per heavy atom. The third-order valence-corrected chi connectivity index (χ3v) is 4.23. The highest BCUT2D eigenvalue weighted by molar-refractivity contribution is 6.30. The number of rotatable bonds is 8. The maximum atomic E-state index is 12.4. The third kappa shape index (κ3) is 5.31. The molecule has 0 amide bonds. The number of hydrogen-bond donors (Lipinski definition) is 0. The minimum absolute atomic E-state index is 0.230. The summed E-state index contributed by atoms with van der Waals surface area (Å²) in [5.41, 5.74) is 3.15. The lowest BCUT2D eigenvalue weighted by Crippen LogP contribution is -2.14. The van der Waals surface area contributed by atoms with Crippen LogP contribution in [0.1, 0.15) is 27.3 Å². The summed E-state index contributed by atoms with van der Waals surface area (Å²) in [5, 5.41) is 0.583. The van der Waals surface area contributed by atoms with Gasteiger partial charge in [-0.2, -0.15) is 0 Å². The van der Waals surface area contributed by atoms with Gasteiger partial charge < -0.3 is 14.0 Å². The van der Waals surface area contributed by atoms with E-state index in [1.54, 1.807) is 31.4 Å². The summed E-state index contributed by atoms with van der Waals surface area (Å²) in [6, 6.07) is 8.89. The molecule has 0 radical (unpaired) electrons. The molecule has 0 bridgehead atoms. The van der Waals surface area contributed by atoms with Crippen molar-refractivity contribution >= 4 is 29.4 Å². The molecule has 1 aromatic carbocycles. The molecule has 1 aromatic heterocycles. The van der Waals surface area contributed by atoms with Gasteiger partial charge in [-0.05, 0) is 43.7 Å². The van der Waals surface area contributed by atoms with Crippen molar-refractivity contribution in [2.24, 2.45) is 0 Å². The minimum Gasteiger partial charge on any atom is -0.454 e. The number of benzene rings is 1. The molecular formula is C20H22ClNO4. The van der Waals surface area contributed by atoms with Crippen LogP contribution in [0.4, 0.5) is 0 Å². The molecule has 0 saturated heterocycles. The fourth-order valence-corrected chi connectivity index (χ4v) is 2.85.